The topological polar surface area (TPSA) is 64.0 Å². The molecule has 8 rings (SSSR count). The molecule has 1 aromatic heterocycles. The molecule has 5 aliphatic heterocycles. The summed E-state index contributed by atoms with van der Waals surface area (Å²) in [6.45, 7) is 9.36. The van der Waals surface area contributed by atoms with Crippen molar-refractivity contribution in [2.75, 3.05) is 37.7 Å². The van der Waals surface area contributed by atoms with Crippen molar-refractivity contribution in [3.05, 3.63) is 71.6 Å². The van der Waals surface area contributed by atoms with Gasteiger partial charge in [-0.2, -0.15) is 9.59 Å². The molecule has 5 aliphatic rings. The van der Waals surface area contributed by atoms with Gasteiger partial charge in [-0.15, -0.1) is 0 Å². The minimum Gasteiger partial charge on any atom is -0.378 e. The number of fused-ring (bicyclic) bond motifs is 5. The van der Waals surface area contributed by atoms with Crippen molar-refractivity contribution in [3.8, 4) is 0 Å². The van der Waals surface area contributed by atoms with Gasteiger partial charge in [-0.1, -0.05) is 37.3 Å². The van der Waals surface area contributed by atoms with Crippen LogP contribution in [0.15, 0.2) is 54.7 Å². The Balaban J connectivity index is 0.000000773. The second-order valence-electron chi connectivity index (χ2n) is 11.4. The third-order valence-corrected chi connectivity index (χ3v) is 9.62. The van der Waals surface area contributed by atoms with Gasteiger partial charge in [0.1, 0.15) is 5.72 Å². The summed E-state index contributed by atoms with van der Waals surface area (Å²) in [5.41, 5.74) is 8.16. The highest BCUT2D eigenvalue weighted by molar-refractivity contribution is 5.87. The zero-order chi connectivity index (χ0) is 26.1. The van der Waals surface area contributed by atoms with Gasteiger partial charge in [0.15, 0.2) is 0 Å². The van der Waals surface area contributed by atoms with Crippen molar-refractivity contribution in [1.82, 2.24) is 9.47 Å². The number of rotatable bonds is 3. The number of morpholine rings is 1. The number of benzene rings is 2. The standard InChI is InChI=1S/C30H33N3O2.CO2/c1-3-30-19-29(2)33-25-7-5-4-6-22(25)23-12-13-32(27(30)26(23)33)18-24(28(30)35-29)20-8-10-21(11-9-20)31-14-16-34-17-15-31;2-1-3/h4-11,18,27-28H,3,12-17,19H2,1-2H3;/t27-,28-,29-,30+;/m1./s1. The molecule has 7 nitrogen and oxygen atoms in total. The Morgan fingerprint density at radius 3 is 2.50 bits per heavy atom. The first-order chi connectivity index (χ1) is 18.5. The highest BCUT2D eigenvalue weighted by Crippen LogP contribution is 2.68. The van der Waals surface area contributed by atoms with Crippen molar-refractivity contribution in [2.45, 2.75) is 51.0 Å². The molecule has 2 fully saturated rings. The van der Waals surface area contributed by atoms with E-state index in [2.05, 4.69) is 82.9 Å². The molecule has 0 unspecified atom stereocenters. The second kappa shape index (κ2) is 8.57. The minimum absolute atomic E-state index is 0.0985. The number of aromatic nitrogens is 1. The van der Waals surface area contributed by atoms with Crippen molar-refractivity contribution in [3.63, 3.8) is 0 Å². The molecule has 6 heterocycles. The van der Waals surface area contributed by atoms with Crippen molar-refractivity contribution in [1.29, 1.82) is 0 Å². The van der Waals surface area contributed by atoms with Crippen LogP contribution in [0.1, 0.15) is 49.6 Å². The molecule has 7 heteroatoms. The first-order valence-corrected chi connectivity index (χ1v) is 13.7. The van der Waals surface area contributed by atoms with E-state index in [9.17, 15) is 0 Å². The Morgan fingerprint density at radius 1 is 1.03 bits per heavy atom. The zero-order valence-electron chi connectivity index (χ0n) is 22.0. The highest BCUT2D eigenvalue weighted by Gasteiger charge is 2.67. The Hall–Kier alpha value is -3.38. The van der Waals surface area contributed by atoms with Crippen LogP contribution in [-0.4, -0.2) is 54.6 Å². The van der Waals surface area contributed by atoms with Gasteiger partial charge >= 0.3 is 6.15 Å². The fraction of sp³-hybridized carbons (Fsp3) is 0.452. The number of hydrogen-bond donors (Lipinski definition) is 0. The summed E-state index contributed by atoms with van der Waals surface area (Å²) in [6, 6.07) is 18.6. The van der Waals surface area contributed by atoms with E-state index in [-0.39, 0.29) is 23.4 Å². The molecule has 0 amide bonds. The van der Waals surface area contributed by atoms with E-state index in [1.165, 1.54) is 33.4 Å². The third-order valence-electron chi connectivity index (χ3n) is 9.62. The van der Waals surface area contributed by atoms with Crippen LogP contribution in [0.4, 0.5) is 5.69 Å². The van der Waals surface area contributed by atoms with Gasteiger partial charge in [0.05, 0.1) is 30.9 Å². The average molecular weight is 512 g/mol. The summed E-state index contributed by atoms with van der Waals surface area (Å²) < 4.78 is 15.3. The maximum atomic E-state index is 8.12. The predicted molar refractivity (Wildman–Crippen MR) is 143 cm³/mol. The van der Waals surface area contributed by atoms with Crippen LogP contribution in [0.25, 0.3) is 16.5 Å². The number of nitrogens with zero attached hydrogens (tertiary/aromatic N) is 3. The summed E-state index contributed by atoms with van der Waals surface area (Å²) in [7, 11) is 0. The fourth-order valence-electron chi connectivity index (χ4n) is 8.18. The molecule has 38 heavy (non-hydrogen) atoms. The highest BCUT2D eigenvalue weighted by atomic mass is 16.5. The summed E-state index contributed by atoms with van der Waals surface area (Å²) in [5.74, 6) is 0. The maximum absolute atomic E-state index is 8.12. The largest absolute Gasteiger partial charge is 0.378 e. The van der Waals surface area contributed by atoms with Gasteiger partial charge < -0.3 is 23.8 Å². The maximum Gasteiger partial charge on any atom is 0.373 e. The molecule has 0 spiro atoms. The van der Waals surface area contributed by atoms with Crippen molar-refractivity contribution < 1.29 is 19.1 Å². The molecule has 2 bridgehead atoms. The van der Waals surface area contributed by atoms with E-state index in [1.54, 1.807) is 5.56 Å². The second-order valence-corrected chi connectivity index (χ2v) is 11.4. The Bertz CT molecular complexity index is 1460. The molecule has 0 radical (unpaired) electrons. The minimum atomic E-state index is -0.315. The van der Waals surface area contributed by atoms with Gasteiger partial charge in [-0.05, 0) is 49.1 Å². The predicted octanol–water partition coefficient (Wildman–Crippen LogP) is 4.72. The number of ether oxygens (including phenoxy) is 2. The van der Waals surface area contributed by atoms with Gasteiger partial charge in [0.2, 0.25) is 0 Å². The Labute approximate surface area is 222 Å². The zero-order valence-corrected chi connectivity index (χ0v) is 22.0. The number of anilines is 1. The quantitative estimate of drug-likeness (QED) is 0.507. The smallest absolute Gasteiger partial charge is 0.373 e. The Kier molecular flexibility index (Phi) is 5.35. The molecule has 196 valence electrons. The van der Waals surface area contributed by atoms with Crippen LogP contribution in [-0.2, 0) is 31.2 Å². The fourth-order valence-corrected chi connectivity index (χ4v) is 8.18. The number of para-hydroxylation sites is 1. The monoisotopic (exact) mass is 511 g/mol. The van der Waals surface area contributed by atoms with E-state index >= 15 is 0 Å². The SMILES string of the molecule is CC[C@@]12C[C@@]3(C)O[C@@H]1C(c1ccc(N4CCOCC4)cc1)=CN1CCc4c(n3c3ccccc43)[C@@H]12.O=C=O. The van der Waals surface area contributed by atoms with E-state index in [1.807, 2.05) is 0 Å². The van der Waals surface area contributed by atoms with Crippen LogP contribution in [0.5, 0.6) is 0 Å². The lowest BCUT2D eigenvalue weighted by atomic mass is 9.62. The van der Waals surface area contributed by atoms with Crippen molar-refractivity contribution in [2.24, 2.45) is 5.41 Å². The van der Waals surface area contributed by atoms with Crippen LogP contribution in [0, 0.1) is 5.41 Å². The molecule has 0 N–H and O–H groups in total. The van der Waals surface area contributed by atoms with E-state index in [4.69, 9.17) is 19.1 Å². The van der Waals surface area contributed by atoms with Crippen LogP contribution < -0.4 is 4.90 Å². The number of carbonyl (C=O) groups excluding carboxylic acids is 2. The van der Waals surface area contributed by atoms with Gasteiger partial charge in [0.25, 0.3) is 0 Å². The van der Waals surface area contributed by atoms with Crippen molar-refractivity contribution >= 4 is 28.3 Å². The first kappa shape index (κ1) is 23.7. The molecule has 3 aromatic rings. The molecular formula is C31H33N3O4. The first-order valence-electron chi connectivity index (χ1n) is 13.7. The van der Waals surface area contributed by atoms with E-state index in [0.29, 0.717) is 6.04 Å². The molecule has 2 aromatic carbocycles. The summed E-state index contributed by atoms with van der Waals surface area (Å²) >= 11 is 0. The Morgan fingerprint density at radius 2 is 1.76 bits per heavy atom. The average Bonchev–Trinajstić information content (AvgIpc) is 3.45. The normalized spacial score (nSPS) is 30.4. The van der Waals surface area contributed by atoms with Crippen LogP contribution in [0.2, 0.25) is 0 Å². The lowest BCUT2D eigenvalue weighted by molar-refractivity contribution is -0.191. The van der Waals surface area contributed by atoms with E-state index < -0.39 is 0 Å². The molecule has 0 aliphatic carbocycles. The van der Waals surface area contributed by atoms with Gasteiger partial charge in [-0.25, -0.2) is 0 Å². The molecule has 4 atom stereocenters. The lowest BCUT2D eigenvalue weighted by Crippen LogP contribution is -2.53. The summed E-state index contributed by atoms with van der Waals surface area (Å²) in [4.78, 5) is 21.3. The van der Waals surface area contributed by atoms with Gasteiger partial charge in [0, 0.05) is 60.0 Å². The van der Waals surface area contributed by atoms with E-state index in [0.717, 1.165) is 52.1 Å². The molecule has 2 saturated heterocycles. The third kappa shape index (κ3) is 3.10. The van der Waals surface area contributed by atoms with Crippen LogP contribution >= 0.6 is 0 Å². The summed E-state index contributed by atoms with van der Waals surface area (Å²) in [6.07, 6.45) is 6.10. The summed E-state index contributed by atoms with van der Waals surface area (Å²) in [5, 5.41) is 1.43. The van der Waals surface area contributed by atoms with Crippen LogP contribution in [0.3, 0.4) is 0 Å². The molecular weight excluding hydrogens is 478 g/mol. The lowest BCUT2D eigenvalue weighted by Gasteiger charge is -2.54. The number of hydrogen-bond acceptors (Lipinski definition) is 6. The molecule has 0 saturated carbocycles. The van der Waals surface area contributed by atoms with Gasteiger partial charge in [-0.3, -0.25) is 0 Å².